The average Bonchev–Trinajstić information content (AvgIpc) is 2.34. The van der Waals surface area contributed by atoms with E-state index in [1.165, 1.54) is 12.4 Å². The Bertz CT molecular complexity index is 548. The van der Waals surface area contributed by atoms with Crippen molar-refractivity contribution in [1.29, 1.82) is 0 Å². The number of anilines is 2. The molecule has 0 unspecified atom stereocenters. The Balaban J connectivity index is 3.19. The molecule has 0 spiro atoms. The molecule has 0 bridgehead atoms. The van der Waals surface area contributed by atoms with E-state index < -0.39 is 23.4 Å². The van der Waals surface area contributed by atoms with Gasteiger partial charge in [0.05, 0.1) is 0 Å². The Morgan fingerprint density at radius 3 is 1.87 bits per heavy atom. The maximum Gasteiger partial charge on any atom is 0.425 e. The minimum atomic E-state index is -0.868. The first kappa shape index (κ1) is 18.7. The highest BCUT2D eigenvalue weighted by Crippen LogP contribution is 2.21. The van der Waals surface area contributed by atoms with Crippen molar-refractivity contribution in [3.63, 3.8) is 0 Å². The zero-order valence-corrected chi connectivity index (χ0v) is 14.6. The third-order valence-corrected chi connectivity index (χ3v) is 2.29. The van der Waals surface area contributed by atoms with Crippen molar-refractivity contribution in [3.8, 4) is 0 Å². The van der Waals surface area contributed by atoms with E-state index >= 15 is 0 Å². The largest absolute Gasteiger partial charge is 0.443 e. The van der Waals surface area contributed by atoms with Gasteiger partial charge in [-0.15, -0.1) is 0 Å². The summed E-state index contributed by atoms with van der Waals surface area (Å²) in [5, 5.41) is 2.81. The molecule has 1 rings (SSSR count). The average molecular weight is 324 g/mol. The van der Waals surface area contributed by atoms with E-state index in [2.05, 4.69) is 15.3 Å². The highest BCUT2D eigenvalue weighted by atomic mass is 16.6. The van der Waals surface area contributed by atoms with Gasteiger partial charge in [0.25, 0.3) is 0 Å². The van der Waals surface area contributed by atoms with E-state index in [0.29, 0.717) is 5.82 Å². The molecule has 1 N–H and O–H groups in total. The standard InChI is InChI=1S/C15H24N4O4/c1-14(2,3)22-12(20)19(13(21)23-15(4,5)6)11-8-10(16-7)17-9-18-11/h8-9H,1-7H3,(H,16,17,18). The molecule has 0 aromatic carbocycles. The van der Waals surface area contributed by atoms with Gasteiger partial charge in [-0.1, -0.05) is 0 Å². The Kier molecular flexibility index (Phi) is 5.52. The lowest BCUT2D eigenvalue weighted by atomic mass is 10.2. The number of nitrogens with zero attached hydrogens (tertiary/aromatic N) is 3. The fraction of sp³-hybridized carbons (Fsp3) is 0.600. The zero-order valence-electron chi connectivity index (χ0n) is 14.6. The molecule has 0 aliphatic rings. The molecule has 1 aromatic heterocycles. The van der Waals surface area contributed by atoms with Gasteiger partial charge in [-0.2, -0.15) is 4.90 Å². The highest BCUT2D eigenvalue weighted by molar-refractivity contribution is 6.08. The third-order valence-electron chi connectivity index (χ3n) is 2.29. The maximum atomic E-state index is 12.4. The monoisotopic (exact) mass is 324 g/mol. The summed E-state index contributed by atoms with van der Waals surface area (Å²) in [6, 6.07) is 1.45. The summed E-state index contributed by atoms with van der Waals surface area (Å²) >= 11 is 0. The van der Waals surface area contributed by atoms with Gasteiger partial charge in [0.1, 0.15) is 23.3 Å². The first-order chi connectivity index (χ1) is 10.4. The number of carbonyl (C=O) groups is 2. The van der Waals surface area contributed by atoms with Crippen LogP contribution in [0.25, 0.3) is 0 Å². The smallest absolute Gasteiger partial charge is 0.425 e. The van der Waals surface area contributed by atoms with Crippen LogP contribution >= 0.6 is 0 Å². The summed E-state index contributed by atoms with van der Waals surface area (Å²) < 4.78 is 10.5. The normalized spacial score (nSPS) is 11.6. The van der Waals surface area contributed by atoms with Crippen molar-refractivity contribution >= 4 is 23.8 Å². The molecule has 0 aliphatic heterocycles. The van der Waals surface area contributed by atoms with E-state index in [1.54, 1.807) is 48.6 Å². The second-order valence-corrected chi connectivity index (χ2v) is 6.81. The van der Waals surface area contributed by atoms with Crippen molar-refractivity contribution in [3.05, 3.63) is 12.4 Å². The number of aromatic nitrogens is 2. The Labute approximate surface area is 136 Å². The van der Waals surface area contributed by atoms with E-state index in [-0.39, 0.29) is 5.82 Å². The molecular formula is C15H24N4O4. The second-order valence-electron chi connectivity index (χ2n) is 6.81. The molecule has 23 heavy (non-hydrogen) atoms. The topological polar surface area (TPSA) is 93.7 Å². The highest BCUT2D eigenvalue weighted by Gasteiger charge is 2.33. The summed E-state index contributed by atoms with van der Waals surface area (Å²) in [4.78, 5) is 33.5. The predicted octanol–water partition coefficient (Wildman–Crippen LogP) is 3.19. The molecule has 128 valence electrons. The summed E-state index contributed by atoms with van der Waals surface area (Å²) in [5.74, 6) is 0.514. The Morgan fingerprint density at radius 1 is 1.00 bits per heavy atom. The number of hydrogen-bond acceptors (Lipinski definition) is 7. The van der Waals surface area contributed by atoms with Gasteiger partial charge < -0.3 is 14.8 Å². The number of amides is 2. The van der Waals surface area contributed by atoms with Crippen molar-refractivity contribution in [2.75, 3.05) is 17.3 Å². The molecule has 2 amide bonds. The Morgan fingerprint density at radius 2 is 1.48 bits per heavy atom. The number of rotatable bonds is 2. The molecule has 1 heterocycles. The van der Waals surface area contributed by atoms with E-state index in [1.807, 2.05) is 0 Å². The number of nitrogens with one attached hydrogen (secondary N) is 1. The molecule has 0 saturated carbocycles. The maximum absolute atomic E-state index is 12.4. The number of imide groups is 1. The van der Waals surface area contributed by atoms with Crippen LogP contribution in [0, 0.1) is 0 Å². The molecule has 0 aliphatic carbocycles. The van der Waals surface area contributed by atoms with Gasteiger partial charge in [-0.25, -0.2) is 19.6 Å². The van der Waals surface area contributed by atoms with Crippen molar-refractivity contribution < 1.29 is 19.1 Å². The molecule has 8 heteroatoms. The zero-order chi connectivity index (χ0) is 17.8. The molecule has 0 atom stereocenters. The fourth-order valence-electron chi connectivity index (χ4n) is 1.48. The van der Waals surface area contributed by atoms with Gasteiger partial charge in [0, 0.05) is 13.1 Å². The molecule has 0 radical (unpaired) electrons. The van der Waals surface area contributed by atoms with E-state index in [4.69, 9.17) is 9.47 Å². The second kappa shape index (κ2) is 6.80. The van der Waals surface area contributed by atoms with Gasteiger partial charge in [-0.3, -0.25) is 0 Å². The summed E-state index contributed by atoms with van der Waals surface area (Å²) in [5.41, 5.74) is -1.54. The molecular weight excluding hydrogens is 300 g/mol. The molecule has 0 fully saturated rings. The van der Waals surface area contributed by atoms with Gasteiger partial charge in [0.2, 0.25) is 0 Å². The van der Waals surface area contributed by atoms with E-state index in [9.17, 15) is 9.59 Å². The SMILES string of the molecule is CNc1cc(N(C(=O)OC(C)(C)C)C(=O)OC(C)(C)C)ncn1. The number of hydrogen-bond donors (Lipinski definition) is 1. The van der Waals surface area contributed by atoms with E-state index in [0.717, 1.165) is 4.90 Å². The minimum Gasteiger partial charge on any atom is -0.443 e. The molecule has 8 nitrogen and oxygen atoms in total. The summed E-state index contributed by atoms with van der Waals surface area (Å²) in [6.45, 7) is 10.2. The molecule has 1 aromatic rings. The summed E-state index contributed by atoms with van der Waals surface area (Å²) in [6.07, 6.45) is -0.497. The lowest BCUT2D eigenvalue weighted by molar-refractivity contribution is 0.0429. The molecule has 0 saturated heterocycles. The minimum absolute atomic E-state index is 0.0628. The van der Waals surface area contributed by atoms with Crippen LogP contribution in [0.15, 0.2) is 12.4 Å². The van der Waals surface area contributed by atoms with Gasteiger partial charge in [0.15, 0.2) is 5.82 Å². The van der Waals surface area contributed by atoms with Crippen LogP contribution in [0.4, 0.5) is 21.2 Å². The lowest BCUT2D eigenvalue weighted by Crippen LogP contribution is -2.44. The van der Waals surface area contributed by atoms with Gasteiger partial charge in [-0.05, 0) is 41.5 Å². The van der Waals surface area contributed by atoms with Crippen LogP contribution in [-0.2, 0) is 9.47 Å². The number of carbonyl (C=O) groups excluding carboxylic acids is 2. The van der Waals surface area contributed by atoms with Crippen LogP contribution in [0.3, 0.4) is 0 Å². The van der Waals surface area contributed by atoms with Crippen LogP contribution in [0.2, 0.25) is 0 Å². The van der Waals surface area contributed by atoms with Crippen molar-refractivity contribution in [2.24, 2.45) is 0 Å². The fourth-order valence-corrected chi connectivity index (χ4v) is 1.48. The lowest BCUT2D eigenvalue weighted by Gasteiger charge is -2.28. The predicted molar refractivity (Wildman–Crippen MR) is 86.5 cm³/mol. The first-order valence-electron chi connectivity index (χ1n) is 7.19. The third kappa shape index (κ3) is 6.09. The number of ether oxygens (including phenoxy) is 2. The first-order valence-corrected chi connectivity index (χ1v) is 7.19. The van der Waals surface area contributed by atoms with Gasteiger partial charge >= 0.3 is 12.2 Å². The Hall–Kier alpha value is -2.38. The van der Waals surface area contributed by atoms with Crippen molar-refractivity contribution in [2.45, 2.75) is 52.7 Å². The van der Waals surface area contributed by atoms with Crippen molar-refractivity contribution in [1.82, 2.24) is 9.97 Å². The van der Waals surface area contributed by atoms with Crippen LogP contribution in [-0.4, -0.2) is 40.4 Å². The van der Waals surface area contributed by atoms with Crippen LogP contribution in [0.5, 0.6) is 0 Å². The summed E-state index contributed by atoms with van der Waals surface area (Å²) in [7, 11) is 1.66. The van der Waals surface area contributed by atoms with Crippen LogP contribution in [0.1, 0.15) is 41.5 Å². The van der Waals surface area contributed by atoms with Crippen LogP contribution < -0.4 is 10.2 Å². The quantitative estimate of drug-likeness (QED) is 0.892.